The molecule has 0 saturated carbocycles. The molecule has 0 spiro atoms. The molecule has 0 fully saturated rings. The monoisotopic (exact) mass is 271 g/mol. The van der Waals surface area contributed by atoms with E-state index in [0.29, 0.717) is 18.3 Å². The summed E-state index contributed by atoms with van der Waals surface area (Å²) >= 11 is 0. The van der Waals surface area contributed by atoms with Crippen LogP contribution in [-0.2, 0) is 6.61 Å². The number of nitrogens with two attached hydrogens (primary N) is 1. The molecule has 0 aliphatic rings. The minimum absolute atomic E-state index is 0.440. The Morgan fingerprint density at radius 3 is 2.80 bits per heavy atom. The number of rotatable bonds is 5. The average molecular weight is 271 g/mol. The molecule has 0 aliphatic heterocycles. The van der Waals surface area contributed by atoms with Crippen LogP contribution in [-0.4, -0.2) is 4.98 Å². The molecule has 106 valence electrons. The second-order valence-electron chi connectivity index (χ2n) is 5.12. The van der Waals surface area contributed by atoms with Crippen LogP contribution in [0.5, 0.6) is 5.75 Å². The Morgan fingerprint density at radius 1 is 1.30 bits per heavy atom. The first-order chi connectivity index (χ1) is 9.61. The zero-order valence-corrected chi connectivity index (χ0v) is 12.2. The molecule has 0 amide bonds. The molecule has 1 aromatic carbocycles. The highest BCUT2D eigenvalue weighted by Crippen LogP contribution is 2.25. The quantitative estimate of drug-likeness (QED) is 0.646. The van der Waals surface area contributed by atoms with E-state index < -0.39 is 0 Å². The van der Waals surface area contributed by atoms with Crippen LogP contribution in [0, 0.1) is 6.92 Å². The van der Waals surface area contributed by atoms with Crippen LogP contribution < -0.4 is 16.0 Å². The zero-order chi connectivity index (χ0) is 14.5. The average Bonchev–Trinajstić information content (AvgIpc) is 2.46. The predicted octanol–water partition coefficient (Wildman–Crippen LogP) is 3.38. The number of hydrogen-bond acceptors (Lipinski definition) is 4. The number of pyridine rings is 1. The largest absolute Gasteiger partial charge is 0.488 e. The molecule has 4 heteroatoms. The van der Waals surface area contributed by atoms with Crippen LogP contribution in [0.25, 0.3) is 0 Å². The lowest BCUT2D eigenvalue weighted by Crippen LogP contribution is -2.12. The molecule has 0 radical (unpaired) electrons. The smallest absolute Gasteiger partial charge is 0.146 e. The zero-order valence-electron chi connectivity index (χ0n) is 12.2. The van der Waals surface area contributed by atoms with Gasteiger partial charge in [0.2, 0.25) is 0 Å². The molecule has 0 saturated heterocycles. The maximum absolute atomic E-state index is 5.92. The highest BCUT2D eigenvalue weighted by Gasteiger charge is 2.07. The number of nitrogens with zero attached hydrogens (tertiary/aromatic N) is 1. The standard InChI is InChI=1S/C16H21N3O/c1-11(2)13-7-6-12(3)15(9-13)20-10-14-5-4-8-18-16(14)19-17/h4-9,11H,10,17H2,1-3H3,(H,18,19). The van der Waals surface area contributed by atoms with Crippen LogP contribution in [0.4, 0.5) is 5.82 Å². The van der Waals surface area contributed by atoms with Crippen LogP contribution in [0.15, 0.2) is 36.5 Å². The number of benzene rings is 1. The van der Waals surface area contributed by atoms with Crippen molar-refractivity contribution in [3.05, 3.63) is 53.2 Å². The molecular weight excluding hydrogens is 250 g/mol. The first-order valence-corrected chi connectivity index (χ1v) is 6.75. The van der Waals surface area contributed by atoms with Gasteiger partial charge in [-0.05, 0) is 36.1 Å². The van der Waals surface area contributed by atoms with Crippen LogP contribution >= 0.6 is 0 Å². The Labute approximate surface area is 120 Å². The van der Waals surface area contributed by atoms with Gasteiger partial charge in [0, 0.05) is 11.8 Å². The Morgan fingerprint density at radius 2 is 2.10 bits per heavy atom. The van der Waals surface area contributed by atoms with Crippen molar-refractivity contribution in [2.45, 2.75) is 33.3 Å². The van der Waals surface area contributed by atoms with Gasteiger partial charge in [0.25, 0.3) is 0 Å². The topological polar surface area (TPSA) is 60.2 Å². The van der Waals surface area contributed by atoms with Gasteiger partial charge < -0.3 is 10.2 Å². The van der Waals surface area contributed by atoms with E-state index in [1.807, 2.05) is 19.1 Å². The molecule has 4 nitrogen and oxygen atoms in total. The fourth-order valence-corrected chi connectivity index (χ4v) is 1.97. The Hall–Kier alpha value is -2.07. The van der Waals surface area contributed by atoms with Gasteiger partial charge in [-0.15, -0.1) is 0 Å². The number of ether oxygens (including phenoxy) is 1. The van der Waals surface area contributed by atoms with Crippen molar-refractivity contribution < 1.29 is 4.74 Å². The van der Waals surface area contributed by atoms with Crippen molar-refractivity contribution in [1.29, 1.82) is 0 Å². The molecule has 3 N–H and O–H groups in total. The van der Waals surface area contributed by atoms with E-state index in [1.165, 1.54) is 5.56 Å². The second kappa shape index (κ2) is 6.39. The predicted molar refractivity (Wildman–Crippen MR) is 81.6 cm³/mol. The van der Waals surface area contributed by atoms with Gasteiger partial charge in [0.1, 0.15) is 18.2 Å². The minimum atomic E-state index is 0.440. The highest BCUT2D eigenvalue weighted by atomic mass is 16.5. The highest BCUT2D eigenvalue weighted by molar-refractivity contribution is 5.43. The van der Waals surface area contributed by atoms with Crippen molar-refractivity contribution >= 4 is 5.82 Å². The summed E-state index contributed by atoms with van der Waals surface area (Å²) in [6.45, 7) is 6.83. The number of hydrogen-bond donors (Lipinski definition) is 2. The molecule has 0 bridgehead atoms. The summed E-state index contributed by atoms with van der Waals surface area (Å²) in [4.78, 5) is 4.16. The number of nitrogens with one attached hydrogen (secondary N) is 1. The van der Waals surface area contributed by atoms with Crippen LogP contribution in [0.1, 0.15) is 36.5 Å². The lowest BCUT2D eigenvalue weighted by atomic mass is 10.0. The number of aromatic nitrogens is 1. The summed E-state index contributed by atoms with van der Waals surface area (Å²) in [5.74, 6) is 7.48. The maximum atomic E-state index is 5.92. The molecule has 1 aromatic heterocycles. The summed E-state index contributed by atoms with van der Waals surface area (Å²) in [6.07, 6.45) is 1.70. The molecule has 2 rings (SSSR count). The van der Waals surface area contributed by atoms with E-state index in [2.05, 4.69) is 42.5 Å². The summed E-state index contributed by atoms with van der Waals surface area (Å²) in [7, 11) is 0. The van der Waals surface area contributed by atoms with Crippen molar-refractivity contribution in [3.63, 3.8) is 0 Å². The summed E-state index contributed by atoms with van der Waals surface area (Å²) in [6, 6.07) is 10.2. The van der Waals surface area contributed by atoms with Gasteiger partial charge in [0.05, 0.1) is 0 Å². The van der Waals surface area contributed by atoms with E-state index in [-0.39, 0.29) is 0 Å². The van der Waals surface area contributed by atoms with Crippen molar-refractivity contribution in [1.82, 2.24) is 4.98 Å². The first kappa shape index (κ1) is 14.3. The molecule has 2 aromatic rings. The summed E-state index contributed by atoms with van der Waals surface area (Å²) < 4.78 is 5.92. The minimum Gasteiger partial charge on any atom is -0.488 e. The van der Waals surface area contributed by atoms with Gasteiger partial charge in [0.15, 0.2) is 0 Å². The Kier molecular flexibility index (Phi) is 4.58. The summed E-state index contributed by atoms with van der Waals surface area (Å²) in [5.41, 5.74) is 5.92. The molecule has 0 atom stereocenters. The van der Waals surface area contributed by atoms with Crippen LogP contribution in [0.3, 0.4) is 0 Å². The van der Waals surface area contributed by atoms with E-state index in [1.54, 1.807) is 6.20 Å². The van der Waals surface area contributed by atoms with Gasteiger partial charge in [-0.2, -0.15) is 0 Å². The molecule has 20 heavy (non-hydrogen) atoms. The first-order valence-electron chi connectivity index (χ1n) is 6.75. The van der Waals surface area contributed by atoms with Crippen molar-refractivity contribution in [2.24, 2.45) is 5.84 Å². The number of hydrazine groups is 1. The third-order valence-electron chi connectivity index (χ3n) is 3.29. The molecule has 0 aliphatic carbocycles. The van der Waals surface area contributed by atoms with Gasteiger partial charge in [-0.25, -0.2) is 10.8 Å². The fourth-order valence-electron chi connectivity index (χ4n) is 1.97. The number of aryl methyl sites for hydroxylation is 1. The van der Waals surface area contributed by atoms with E-state index in [9.17, 15) is 0 Å². The van der Waals surface area contributed by atoms with Gasteiger partial charge in [-0.3, -0.25) is 0 Å². The summed E-state index contributed by atoms with van der Waals surface area (Å²) in [5, 5.41) is 0. The van der Waals surface area contributed by atoms with E-state index in [4.69, 9.17) is 10.6 Å². The second-order valence-corrected chi connectivity index (χ2v) is 5.12. The Bertz CT molecular complexity index is 582. The molecule has 0 unspecified atom stereocenters. The SMILES string of the molecule is Cc1ccc(C(C)C)cc1OCc1cccnc1NN. The molecule has 1 heterocycles. The third kappa shape index (κ3) is 3.27. The number of anilines is 1. The van der Waals surface area contributed by atoms with Crippen molar-refractivity contribution in [3.8, 4) is 5.75 Å². The van der Waals surface area contributed by atoms with Crippen LogP contribution in [0.2, 0.25) is 0 Å². The van der Waals surface area contributed by atoms with Gasteiger partial charge in [-0.1, -0.05) is 32.0 Å². The molecular formula is C16H21N3O. The Balaban J connectivity index is 2.16. The normalized spacial score (nSPS) is 10.7. The maximum Gasteiger partial charge on any atom is 0.146 e. The lowest BCUT2D eigenvalue weighted by Gasteiger charge is -2.14. The fraction of sp³-hybridized carbons (Fsp3) is 0.312. The van der Waals surface area contributed by atoms with E-state index in [0.717, 1.165) is 16.9 Å². The number of nitrogen functional groups attached to an aromatic ring is 1. The third-order valence-corrected chi connectivity index (χ3v) is 3.29. The van der Waals surface area contributed by atoms with Gasteiger partial charge >= 0.3 is 0 Å². The lowest BCUT2D eigenvalue weighted by molar-refractivity contribution is 0.304. The van der Waals surface area contributed by atoms with E-state index >= 15 is 0 Å². The van der Waals surface area contributed by atoms with Crippen molar-refractivity contribution in [2.75, 3.05) is 5.43 Å².